The molecule has 2 aromatic rings. The van der Waals surface area contributed by atoms with Gasteiger partial charge in [0.2, 0.25) is 17.7 Å². The molecule has 0 unspecified atom stereocenters. The number of carbonyl (C=O) groups excluding carboxylic acids is 3. The third-order valence-corrected chi connectivity index (χ3v) is 6.89. The number of imide groups is 1. The van der Waals surface area contributed by atoms with Crippen molar-refractivity contribution in [1.29, 1.82) is 0 Å². The molecule has 0 saturated carbocycles. The van der Waals surface area contributed by atoms with E-state index >= 15 is 0 Å². The van der Waals surface area contributed by atoms with Gasteiger partial charge >= 0.3 is 0 Å². The van der Waals surface area contributed by atoms with Gasteiger partial charge in [0.1, 0.15) is 11.4 Å². The van der Waals surface area contributed by atoms with Crippen molar-refractivity contribution in [3.8, 4) is 0 Å². The molecule has 0 aliphatic carbocycles. The number of nitrogens with one attached hydrogen (secondary N) is 2. The summed E-state index contributed by atoms with van der Waals surface area (Å²) in [7, 11) is 0. The fraction of sp³-hybridized carbons (Fsp3) is 0.375. The molecule has 5 rings (SSSR count). The molecule has 3 aliphatic heterocycles. The lowest BCUT2D eigenvalue weighted by Crippen LogP contribution is -2.54. The van der Waals surface area contributed by atoms with Crippen LogP contribution < -0.4 is 10.6 Å². The topological polar surface area (TPSA) is 78.5 Å². The molecule has 160 valence electrons. The van der Waals surface area contributed by atoms with E-state index in [0.29, 0.717) is 17.7 Å². The molecule has 31 heavy (non-hydrogen) atoms. The monoisotopic (exact) mass is 421 g/mol. The van der Waals surface area contributed by atoms with E-state index in [2.05, 4.69) is 10.6 Å². The number of hydrogen-bond acceptors (Lipinski definition) is 4. The quantitative estimate of drug-likeness (QED) is 0.744. The summed E-state index contributed by atoms with van der Waals surface area (Å²) in [5.74, 6) is -3.07. The standard InChI is InChI=1S/C24H24FN3O3/c1-13(2)20-18-19(22(30)28(21(18)29)11-10-14-6-4-3-5-7-14)24(27-20)16-12-15(25)8-9-17(16)26-23(24)31/h3-9,12-13,18-20,27H,10-11H2,1-2H3,(H,26,31)/t18-,19-,20-,24+/m0/s1. The zero-order chi connectivity index (χ0) is 21.9. The summed E-state index contributed by atoms with van der Waals surface area (Å²) in [4.78, 5) is 41.5. The van der Waals surface area contributed by atoms with Crippen molar-refractivity contribution in [3.05, 3.63) is 65.5 Å². The highest BCUT2D eigenvalue weighted by Gasteiger charge is 2.70. The Morgan fingerprint density at radius 2 is 1.81 bits per heavy atom. The number of carbonyl (C=O) groups is 3. The third kappa shape index (κ3) is 2.76. The zero-order valence-electron chi connectivity index (χ0n) is 17.4. The van der Waals surface area contributed by atoms with Crippen LogP contribution in [-0.2, 0) is 26.3 Å². The highest BCUT2D eigenvalue weighted by Crippen LogP contribution is 2.53. The Morgan fingerprint density at radius 1 is 1.06 bits per heavy atom. The zero-order valence-corrected chi connectivity index (χ0v) is 17.4. The number of likely N-dealkylation sites (tertiary alicyclic amines) is 1. The van der Waals surface area contributed by atoms with Crippen LogP contribution in [0.3, 0.4) is 0 Å². The van der Waals surface area contributed by atoms with Crippen LogP contribution >= 0.6 is 0 Å². The Kier molecular flexibility index (Phi) is 4.48. The molecular weight excluding hydrogens is 397 g/mol. The van der Waals surface area contributed by atoms with Crippen molar-refractivity contribution in [3.63, 3.8) is 0 Å². The summed E-state index contributed by atoms with van der Waals surface area (Å²) in [6.07, 6.45) is 0.544. The van der Waals surface area contributed by atoms with Gasteiger partial charge in [-0.1, -0.05) is 44.2 Å². The molecule has 2 aromatic carbocycles. The second-order valence-electron chi connectivity index (χ2n) is 8.93. The van der Waals surface area contributed by atoms with Crippen molar-refractivity contribution in [2.45, 2.75) is 31.8 Å². The maximum atomic E-state index is 14.2. The van der Waals surface area contributed by atoms with E-state index in [1.54, 1.807) is 0 Å². The predicted molar refractivity (Wildman–Crippen MR) is 112 cm³/mol. The van der Waals surface area contributed by atoms with Crippen molar-refractivity contribution in [2.24, 2.45) is 17.8 Å². The Bertz CT molecular complexity index is 1090. The molecule has 1 spiro atoms. The molecule has 2 N–H and O–H groups in total. The van der Waals surface area contributed by atoms with Gasteiger partial charge in [0.25, 0.3) is 0 Å². The van der Waals surface area contributed by atoms with Crippen LogP contribution in [0.2, 0.25) is 0 Å². The van der Waals surface area contributed by atoms with Gasteiger partial charge in [0.05, 0.1) is 11.8 Å². The molecule has 6 nitrogen and oxygen atoms in total. The van der Waals surface area contributed by atoms with E-state index in [-0.39, 0.29) is 30.3 Å². The van der Waals surface area contributed by atoms with Crippen molar-refractivity contribution in [1.82, 2.24) is 10.2 Å². The van der Waals surface area contributed by atoms with Crippen LogP contribution in [0.1, 0.15) is 25.0 Å². The van der Waals surface area contributed by atoms with Crippen LogP contribution in [0, 0.1) is 23.6 Å². The normalized spacial score (nSPS) is 29.1. The molecule has 0 aromatic heterocycles. The van der Waals surface area contributed by atoms with Crippen molar-refractivity contribution >= 4 is 23.4 Å². The first-order valence-corrected chi connectivity index (χ1v) is 10.6. The molecule has 2 saturated heterocycles. The van der Waals surface area contributed by atoms with Gasteiger partial charge in [-0.25, -0.2) is 4.39 Å². The van der Waals surface area contributed by atoms with Crippen LogP contribution in [-0.4, -0.2) is 35.2 Å². The number of halogens is 1. The largest absolute Gasteiger partial charge is 0.324 e. The van der Waals surface area contributed by atoms with Crippen LogP contribution in [0.4, 0.5) is 10.1 Å². The summed E-state index contributed by atoms with van der Waals surface area (Å²) < 4.78 is 14.2. The summed E-state index contributed by atoms with van der Waals surface area (Å²) in [5, 5.41) is 6.10. The number of benzene rings is 2. The average Bonchev–Trinajstić information content (AvgIpc) is 3.33. The molecule has 3 aliphatic rings. The molecule has 3 amide bonds. The Morgan fingerprint density at radius 3 is 2.52 bits per heavy atom. The van der Waals surface area contributed by atoms with Gasteiger partial charge in [-0.15, -0.1) is 0 Å². The van der Waals surface area contributed by atoms with Crippen LogP contribution in [0.5, 0.6) is 0 Å². The summed E-state index contributed by atoms with van der Waals surface area (Å²) in [6.45, 7) is 4.17. The van der Waals surface area contributed by atoms with E-state index in [1.807, 2.05) is 44.2 Å². The lowest BCUT2D eigenvalue weighted by molar-refractivity contribution is -0.142. The smallest absolute Gasteiger partial charge is 0.250 e. The third-order valence-electron chi connectivity index (χ3n) is 6.89. The van der Waals surface area contributed by atoms with Crippen LogP contribution in [0.15, 0.2) is 48.5 Å². The molecule has 0 bridgehead atoms. The van der Waals surface area contributed by atoms with Gasteiger partial charge < -0.3 is 5.32 Å². The number of fused-ring (bicyclic) bond motifs is 4. The lowest BCUT2D eigenvalue weighted by Gasteiger charge is -2.30. The van der Waals surface area contributed by atoms with E-state index in [4.69, 9.17) is 0 Å². The average molecular weight is 421 g/mol. The molecule has 0 radical (unpaired) electrons. The van der Waals surface area contributed by atoms with Gasteiger partial charge in [0, 0.05) is 23.8 Å². The summed E-state index contributed by atoms with van der Waals surface area (Å²) in [6, 6.07) is 13.4. The van der Waals surface area contributed by atoms with E-state index in [0.717, 1.165) is 5.56 Å². The number of amides is 3. The maximum absolute atomic E-state index is 14.2. The summed E-state index contributed by atoms with van der Waals surface area (Å²) >= 11 is 0. The minimum Gasteiger partial charge on any atom is -0.324 e. The van der Waals surface area contributed by atoms with Gasteiger partial charge in [0.15, 0.2) is 0 Å². The minimum atomic E-state index is -1.44. The first-order chi connectivity index (χ1) is 14.8. The van der Waals surface area contributed by atoms with Gasteiger partial charge in [-0.3, -0.25) is 24.6 Å². The second kappa shape index (κ2) is 6.99. The van der Waals surface area contributed by atoms with Crippen molar-refractivity contribution < 1.29 is 18.8 Å². The van der Waals surface area contributed by atoms with E-state index in [1.165, 1.54) is 23.1 Å². The number of nitrogens with zero attached hydrogens (tertiary/aromatic N) is 1. The highest BCUT2D eigenvalue weighted by molar-refractivity contribution is 6.15. The second-order valence-corrected chi connectivity index (χ2v) is 8.93. The Balaban J connectivity index is 1.55. The fourth-order valence-corrected chi connectivity index (χ4v) is 5.44. The van der Waals surface area contributed by atoms with Gasteiger partial charge in [-0.2, -0.15) is 0 Å². The van der Waals surface area contributed by atoms with E-state index in [9.17, 15) is 18.8 Å². The minimum absolute atomic E-state index is 0.00288. The number of hydrogen-bond donors (Lipinski definition) is 2. The van der Waals surface area contributed by atoms with Crippen molar-refractivity contribution in [2.75, 3.05) is 11.9 Å². The Hall–Kier alpha value is -3.06. The van der Waals surface area contributed by atoms with E-state index < -0.39 is 29.1 Å². The Labute approximate surface area is 179 Å². The van der Waals surface area contributed by atoms with Crippen LogP contribution in [0.25, 0.3) is 0 Å². The lowest BCUT2D eigenvalue weighted by atomic mass is 9.76. The fourth-order valence-electron chi connectivity index (χ4n) is 5.44. The van der Waals surface area contributed by atoms with Gasteiger partial charge in [-0.05, 0) is 36.1 Å². The first kappa shape index (κ1) is 19.9. The maximum Gasteiger partial charge on any atom is 0.250 e. The highest BCUT2D eigenvalue weighted by atomic mass is 19.1. The molecule has 7 heteroatoms. The summed E-state index contributed by atoms with van der Waals surface area (Å²) in [5.41, 5.74) is 0.469. The molecular formula is C24H24FN3O3. The number of anilines is 1. The first-order valence-electron chi connectivity index (χ1n) is 10.6. The SMILES string of the molecule is CC(C)[C@@H]1N[C@@]2(C(=O)Nc3ccc(F)cc32)[C@@H]2C(=O)N(CCc3ccccc3)C(=O)[C@@H]21. The predicted octanol–water partition coefficient (Wildman–Crippen LogP) is 2.44. The number of rotatable bonds is 4. The molecule has 4 atom stereocenters. The molecule has 2 fully saturated rings. The molecule has 3 heterocycles.